The molecule has 2 aliphatic heterocycles. The average Bonchev–Trinajstić information content (AvgIpc) is 3.04. The summed E-state index contributed by atoms with van der Waals surface area (Å²) in [5.74, 6) is 0.938. The monoisotopic (exact) mass is 426 g/mol. The quantitative estimate of drug-likeness (QED) is 0.734. The molecule has 0 bridgehead atoms. The normalized spacial score (nSPS) is 23.8. The molecule has 0 radical (unpaired) electrons. The minimum absolute atomic E-state index is 0.107. The van der Waals surface area contributed by atoms with E-state index in [4.69, 9.17) is 28.2 Å². The molecule has 0 spiro atoms. The van der Waals surface area contributed by atoms with Crippen LogP contribution >= 0.6 is 35.0 Å². The lowest BCUT2D eigenvalue weighted by Crippen LogP contribution is -2.39. The molecule has 2 atom stereocenters. The van der Waals surface area contributed by atoms with Crippen molar-refractivity contribution in [2.45, 2.75) is 17.8 Å². The number of nitrogens with zero attached hydrogens (tertiary/aromatic N) is 2. The predicted octanol–water partition coefficient (Wildman–Crippen LogP) is 4.27. The van der Waals surface area contributed by atoms with Crippen LogP contribution in [0.1, 0.15) is 5.56 Å². The van der Waals surface area contributed by atoms with Crippen LogP contribution < -0.4 is 4.90 Å². The highest BCUT2D eigenvalue weighted by molar-refractivity contribution is 8.13. The molecule has 0 amide bonds. The number of benzene rings is 2. The van der Waals surface area contributed by atoms with Gasteiger partial charge in [-0.3, -0.25) is 4.99 Å². The molecule has 0 unspecified atom stereocenters. The number of fused-ring (bicyclic) bond motifs is 1. The molecule has 136 valence electrons. The molecule has 1 saturated heterocycles. The maximum Gasteiger partial charge on any atom is 0.164 e. The Kier molecular flexibility index (Phi) is 4.94. The van der Waals surface area contributed by atoms with Crippen molar-refractivity contribution < 1.29 is 8.42 Å². The highest BCUT2D eigenvalue weighted by atomic mass is 35.5. The first-order valence-electron chi connectivity index (χ1n) is 8.11. The number of sulfone groups is 1. The number of hydrogen-bond donors (Lipinski definition) is 0. The Morgan fingerprint density at radius 3 is 2.54 bits per heavy atom. The van der Waals surface area contributed by atoms with Gasteiger partial charge in [-0.1, -0.05) is 53.2 Å². The second-order valence-corrected chi connectivity index (χ2v) is 10.4. The number of amidine groups is 1. The van der Waals surface area contributed by atoms with E-state index in [-0.39, 0.29) is 23.6 Å². The van der Waals surface area contributed by atoms with E-state index in [1.54, 1.807) is 17.8 Å². The van der Waals surface area contributed by atoms with Crippen LogP contribution in [0.3, 0.4) is 0 Å². The first-order chi connectivity index (χ1) is 12.4. The van der Waals surface area contributed by atoms with E-state index < -0.39 is 9.84 Å². The van der Waals surface area contributed by atoms with Crippen LogP contribution in [0, 0.1) is 0 Å². The number of halogens is 2. The average molecular weight is 427 g/mol. The lowest BCUT2D eigenvalue weighted by Gasteiger charge is -2.26. The minimum atomic E-state index is -3.06. The van der Waals surface area contributed by atoms with Gasteiger partial charge in [0.05, 0.1) is 23.6 Å². The van der Waals surface area contributed by atoms with E-state index in [1.165, 1.54) is 0 Å². The first-order valence-corrected chi connectivity index (χ1v) is 11.7. The van der Waals surface area contributed by atoms with Crippen molar-refractivity contribution in [3.63, 3.8) is 0 Å². The summed E-state index contributed by atoms with van der Waals surface area (Å²) < 4.78 is 24.1. The van der Waals surface area contributed by atoms with Crippen molar-refractivity contribution >= 4 is 55.7 Å². The van der Waals surface area contributed by atoms with E-state index in [9.17, 15) is 8.42 Å². The van der Waals surface area contributed by atoms with Crippen molar-refractivity contribution in [2.24, 2.45) is 4.99 Å². The van der Waals surface area contributed by atoms with Crippen LogP contribution in [0.4, 0.5) is 5.69 Å². The van der Waals surface area contributed by atoms with Crippen molar-refractivity contribution in [3.05, 3.63) is 64.1 Å². The Hall–Kier alpha value is -1.21. The molecule has 0 saturated carbocycles. The molecule has 26 heavy (non-hydrogen) atoms. The van der Waals surface area contributed by atoms with Crippen LogP contribution in [0.5, 0.6) is 0 Å². The van der Waals surface area contributed by atoms with Gasteiger partial charge in [0.25, 0.3) is 0 Å². The van der Waals surface area contributed by atoms with Crippen molar-refractivity contribution in [2.75, 3.05) is 16.4 Å². The largest absolute Gasteiger partial charge is 0.315 e. The zero-order valence-electron chi connectivity index (χ0n) is 13.7. The highest BCUT2D eigenvalue weighted by Gasteiger charge is 2.47. The zero-order valence-corrected chi connectivity index (χ0v) is 16.8. The van der Waals surface area contributed by atoms with Crippen LogP contribution in [-0.4, -0.2) is 37.2 Å². The molecule has 4 nitrogen and oxygen atoms in total. The van der Waals surface area contributed by atoms with Crippen molar-refractivity contribution in [3.8, 4) is 0 Å². The number of aliphatic imine (C=N–C) groups is 1. The topological polar surface area (TPSA) is 49.7 Å². The van der Waals surface area contributed by atoms with Gasteiger partial charge in [-0.2, -0.15) is 0 Å². The van der Waals surface area contributed by atoms with E-state index in [2.05, 4.69) is 0 Å². The van der Waals surface area contributed by atoms with Crippen LogP contribution in [0.25, 0.3) is 0 Å². The number of rotatable bonds is 3. The maximum absolute atomic E-state index is 12.1. The summed E-state index contributed by atoms with van der Waals surface area (Å²) in [6.45, 7) is 0. The van der Waals surface area contributed by atoms with E-state index in [0.29, 0.717) is 15.8 Å². The molecule has 2 aliphatic rings. The van der Waals surface area contributed by atoms with Gasteiger partial charge in [-0.05, 0) is 35.9 Å². The van der Waals surface area contributed by atoms with Crippen LogP contribution in [0.2, 0.25) is 10.0 Å². The zero-order chi connectivity index (χ0) is 18.3. The smallest absolute Gasteiger partial charge is 0.164 e. The lowest BCUT2D eigenvalue weighted by atomic mass is 10.1. The molecular formula is C18H16Cl2N2O2S2. The summed E-state index contributed by atoms with van der Waals surface area (Å²) in [5, 5.41) is 2.15. The second kappa shape index (κ2) is 7.08. The Morgan fingerprint density at radius 2 is 1.81 bits per heavy atom. The Labute approximate surface area is 167 Å². The summed E-state index contributed by atoms with van der Waals surface area (Å²) in [4.78, 5) is 6.75. The van der Waals surface area contributed by atoms with Crippen LogP contribution in [-0.2, 0) is 15.6 Å². The molecule has 1 fully saturated rings. The predicted molar refractivity (Wildman–Crippen MR) is 110 cm³/mol. The molecule has 2 aromatic carbocycles. The first kappa shape index (κ1) is 18.2. The lowest BCUT2D eigenvalue weighted by molar-refractivity contribution is 0.601. The summed E-state index contributed by atoms with van der Waals surface area (Å²) in [5.41, 5.74) is 1.97. The molecule has 4 rings (SSSR count). The molecule has 2 heterocycles. The summed E-state index contributed by atoms with van der Waals surface area (Å²) in [7, 11) is -3.06. The summed E-state index contributed by atoms with van der Waals surface area (Å²) >= 11 is 13.8. The highest BCUT2D eigenvalue weighted by Crippen LogP contribution is 2.36. The van der Waals surface area contributed by atoms with Crippen molar-refractivity contribution in [1.82, 2.24) is 0 Å². The fourth-order valence-electron chi connectivity index (χ4n) is 3.34. The van der Waals surface area contributed by atoms with Gasteiger partial charge in [0.15, 0.2) is 15.0 Å². The summed E-state index contributed by atoms with van der Waals surface area (Å²) in [6.07, 6.45) is 0. The van der Waals surface area contributed by atoms with Gasteiger partial charge in [0, 0.05) is 21.5 Å². The molecule has 0 aromatic heterocycles. The van der Waals surface area contributed by atoms with Gasteiger partial charge >= 0.3 is 0 Å². The number of hydrogen-bond acceptors (Lipinski definition) is 5. The molecular weight excluding hydrogens is 411 g/mol. The third-order valence-corrected chi connectivity index (χ3v) is 7.66. The van der Waals surface area contributed by atoms with Gasteiger partial charge in [-0.25, -0.2) is 8.42 Å². The van der Waals surface area contributed by atoms with Gasteiger partial charge < -0.3 is 4.90 Å². The molecule has 0 N–H and O–H groups in total. The van der Waals surface area contributed by atoms with E-state index in [0.717, 1.165) is 16.4 Å². The molecule has 2 aromatic rings. The Morgan fingerprint density at radius 1 is 1.08 bits per heavy atom. The van der Waals surface area contributed by atoms with E-state index in [1.807, 2.05) is 47.4 Å². The SMILES string of the molecule is O=S1(=O)C[C@@H]2[C@@H](C1)N=C(SCc1cccc(Cl)c1)N2c1cccc(Cl)c1. The van der Waals surface area contributed by atoms with Gasteiger partial charge in [0.2, 0.25) is 0 Å². The van der Waals surface area contributed by atoms with Crippen molar-refractivity contribution in [1.29, 1.82) is 0 Å². The Bertz CT molecular complexity index is 979. The van der Waals surface area contributed by atoms with Gasteiger partial charge in [-0.15, -0.1) is 0 Å². The van der Waals surface area contributed by atoms with E-state index >= 15 is 0 Å². The number of thioether (sulfide) groups is 1. The fourth-order valence-corrected chi connectivity index (χ4v) is 6.64. The molecule has 8 heteroatoms. The van der Waals surface area contributed by atoms with Crippen LogP contribution in [0.15, 0.2) is 53.5 Å². The fraction of sp³-hybridized carbons (Fsp3) is 0.278. The summed E-state index contributed by atoms with van der Waals surface area (Å²) in [6, 6.07) is 14.8. The molecule has 0 aliphatic carbocycles. The second-order valence-electron chi connectivity index (χ2n) is 6.39. The maximum atomic E-state index is 12.1. The Balaban J connectivity index is 1.63. The third-order valence-electron chi connectivity index (χ3n) is 4.45. The standard InChI is InChI=1S/C18H16Cl2N2O2S2/c19-13-4-1-3-12(7-13)9-25-18-21-16-10-26(23,24)11-17(16)22(18)15-6-2-5-14(20)8-15/h1-8,16-17H,9-11H2/t16-,17-/m1/s1. The third kappa shape index (κ3) is 3.74. The number of anilines is 1. The minimum Gasteiger partial charge on any atom is -0.315 e. The van der Waals surface area contributed by atoms with Gasteiger partial charge in [0.1, 0.15) is 0 Å².